The van der Waals surface area contributed by atoms with Crippen LogP contribution >= 0.6 is 23.6 Å². The third-order valence-corrected chi connectivity index (χ3v) is 3.75. The maximum Gasteiger partial charge on any atom is 0.136 e. The van der Waals surface area contributed by atoms with Crippen molar-refractivity contribution in [1.29, 1.82) is 0 Å². The molecule has 0 radical (unpaired) electrons. The summed E-state index contributed by atoms with van der Waals surface area (Å²) in [6.45, 7) is 4.07. The van der Waals surface area contributed by atoms with E-state index in [2.05, 4.69) is 15.3 Å². The van der Waals surface area contributed by atoms with Crippen LogP contribution in [0.25, 0.3) is 0 Å². The lowest BCUT2D eigenvalue weighted by Crippen LogP contribution is -2.16. The Morgan fingerprint density at radius 1 is 1.50 bits per heavy atom. The largest absolute Gasteiger partial charge is 0.389 e. The quantitative estimate of drug-likeness (QED) is 0.842. The fourth-order valence-electron chi connectivity index (χ4n) is 1.56. The molecule has 0 aromatic carbocycles. The molecule has 0 saturated carbocycles. The molecule has 2 aromatic heterocycles. The van der Waals surface area contributed by atoms with Crippen molar-refractivity contribution in [2.24, 2.45) is 5.73 Å². The minimum Gasteiger partial charge on any atom is -0.389 e. The number of nitrogens with two attached hydrogens (primary N) is 1. The summed E-state index contributed by atoms with van der Waals surface area (Å²) in [6, 6.07) is 3.75. The highest BCUT2D eigenvalue weighted by atomic mass is 32.1. The summed E-state index contributed by atoms with van der Waals surface area (Å²) < 4.78 is 0. The summed E-state index contributed by atoms with van der Waals surface area (Å²) in [5, 5.41) is 4.31. The first-order valence-corrected chi connectivity index (χ1v) is 6.74. The Labute approximate surface area is 115 Å². The van der Waals surface area contributed by atoms with Crippen LogP contribution in [-0.4, -0.2) is 15.0 Å². The van der Waals surface area contributed by atoms with Gasteiger partial charge in [0.25, 0.3) is 0 Å². The number of nitrogens with one attached hydrogen (secondary N) is 1. The lowest BCUT2D eigenvalue weighted by molar-refractivity contribution is 0.860. The molecule has 18 heavy (non-hydrogen) atoms. The molecule has 0 fully saturated rings. The van der Waals surface area contributed by atoms with Crippen LogP contribution in [0.2, 0.25) is 0 Å². The van der Waals surface area contributed by atoms with Crippen LogP contribution in [0, 0.1) is 6.92 Å². The molecule has 0 aliphatic heterocycles. The van der Waals surface area contributed by atoms with Crippen molar-refractivity contribution < 1.29 is 0 Å². The molecule has 0 bridgehead atoms. The Hall–Kier alpha value is -1.53. The molecule has 4 nitrogen and oxygen atoms in total. The van der Waals surface area contributed by atoms with E-state index in [1.807, 2.05) is 32.2 Å². The van der Waals surface area contributed by atoms with Gasteiger partial charge in [-0.1, -0.05) is 12.2 Å². The van der Waals surface area contributed by atoms with Gasteiger partial charge in [0.05, 0.1) is 11.6 Å². The fourth-order valence-corrected chi connectivity index (χ4v) is 2.50. The van der Waals surface area contributed by atoms with E-state index < -0.39 is 0 Å². The molecule has 0 aliphatic carbocycles. The molecule has 1 atom stereocenters. The second-order valence-electron chi connectivity index (χ2n) is 3.94. The topological polar surface area (TPSA) is 63.8 Å². The number of hydrogen-bond donors (Lipinski definition) is 2. The Balaban J connectivity index is 2.21. The first-order valence-electron chi connectivity index (χ1n) is 5.51. The predicted molar refractivity (Wildman–Crippen MR) is 79.0 cm³/mol. The average molecular weight is 278 g/mol. The predicted octanol–water partition coefficient (Wildman–Crippen LogP) is 2.65. The lowest BCUT2D eigenvalue weighted by Gasteiger charge is -2.14. The van der Waals surface area contributed by atoms with Crippen molar-refractivity contribution >= 4 is 34.4 Å². The Kier molecular flexibility index (Phi) is 3.88. The number of thiocarbonyl (C=S) groups is 1. The zero-order valence-electron chi connectivity index (χ0n) is 10.2. The van der Waals surface area contributed by atoms with Gasteiger partial charge in [-0.15, -0.1) is 11.3 Å². The van der Waals surface area contributed by atoms with Crippen LogP contribution in [0.1, 0.15) is 28.4 Å². The Morgan fingerprint density at radius 2 is 2.28 bits per heavy atom. The van der Waals surface area contributed by atoms with E-state index in [4.69, 9.17) is 18.0 Å². The second-order valence-corrected chi connectivity index (χ2v) is 5.65. The molecule has 2 aromatic rings. The molecule has 0 amide bonds. The highest BCUT2D eigenvalue weighted by Gasteiger charge is 2.13. The van der Waals surface area contributed by atoms with Gasteiger partial charge in [-0.2, -0.15) is 0 Å². The highest BCUT2D eigenvalue weighted by molar-refractivity contribution is 7.80. The highest BCUT2D eigenvalue weighted by Crippen LogP contribution is 2.23. The van der Waals surface area contributed by atoms with E-state index in [9.17, 15) is 0 Å². The number of pyridine rings is 1. The summed E-state index contributed by atoms with van der Waals surface area (Å²) in [5.41, 5.74) is 6.43. The summed E-state index contributed by atoms with van der Waals surface area (Å²) in [5.74, 6) is 0.699. The van der Waals surface area contributed by atoms with Gasteiger partial charge in [-0.25, -0.2) is 9.97 Å². The zero-order valence-corrected chi connectivity index (χ0v) is 11.8. The van der Waals surface area contributed by atoms with Crippen LogP contribution < -0.4 is 11.1 Å². The zero-order chi connectivity index (χ0) is 13.1. The average Bonchev–Trinajstić information content (AvgIpc) is 2.76. The van der Waals surface area contributed by atoms with Crippen molar-refractivity contribution in [3.05, 3.63) is 40.0 Å². The summed E-state index contributed by atoms with van der Waals surface area (Å²) in [6.07, 6.45) is 3.58. The first-order chi connectivity index (χ1) is 8.58. The molecule has 3 N–H and O–H groups in total. The van der Waals surface area contributed by atoms with Gasteiger partial charge in [0.2, 0.25) is 0 Å². The molecule has 2 rings (SSSR count). The van der Waals surface area contributed by atoms with Crippen LogP contribution in [0.15, 0.2) is 24.5 Å². The van der Waals surface area contributed by atoms with E-state index in [-0.39, 0.29) is 6.04 Å². The van der Waals surface area contributed by atoms with Crippen molar-refractivity contribution in [2.75, 3.05) is 5.32 Å². The van der Waals surface area contributed by atoms with Crippen molar-refractivity contribution in [2.45, 2.75) is 19.9 Å². The third-order valence-electron chi connectivity index (χ3n) is 2.44. The van der Waals surface area contributed by atoms with E-state index in [1.54, 1.807) is 17.5 Å². The number of thiazole rings is 1. The molecular weight excluding hydrogens is 264 g/mol. The van der Waals surface area contributed by atoms with Crippen LogP contribution in [0.5, 0.6) is 0 Å². The van der Waals surface area contributed by atoms with Gasteiger partial charge in [0, 0.05) is 17.3 Å². The monoisotopic (exact) mass is 278 g/mol. The third kappa shape index (κ3) is 2.83. The van der Waals surface area contributed by atoms with Gasteiger partial charge in [0.15, 0.2) is 0 Å². The number of rotatable bonds is 4. The fraction of sp³-hybridized carbons (Fsp3) is 0.250. The maximum atomic E-state index is 5.67. The number of aryl methyl sites for hydroxylation is 1. The van der Waals surface area contributed by atoms with E-state index in [1.165, 1.54) is 4.88 Å². The van der Waals surface area contributed by atoms with Crippen LogP contribution in [-0.2, 0) is 0 Å². The van der Waals surface area contributed by atoms with Crippen molar-refractivity contribution in [1.82, 2.24) is 9.97 Å². The minimum atomic E-state index is 0.0756. The van der Waals surface area contributed by atoms with Crippen LogP contribution in [0.4, 0.5) is 5.82 Å². The van der Waals surface area contributed by atoms with Crippen molar-refractivity contribution in [3.8, 4) is 0 Å². The van der Waals surface area contributed by atoms with E-state index in [0.29, 0.717) is 10.8 Å². The van der Waals surface area contributed by atoms with E-state index >= 15 is 0 Å². The first kappa shape index (κ1) is 12.9. The van der Waals surface area contributed by atoms with Gasteiger partial charge in [-0.3, -0.25) is 0 Å². The number of aromatic nitrogens is 2. The van der Waals surface area contributed by atoms with Gasteiger partial charge in [0.1, 0.15) is 15.8 Å². The van der Waals surface area contributed by atoms with Gasteiger partial charge >= 0.3 is 0 Å². The SMILES string of the molecule is Cc1cnc(C(C)Nc2ncccc2C(N)=S)s1. The smallest absolute Gasteiger partial charge is 0.136 e. The standard InChI is InChI=1S/C12H14N4S2/c1-7-6-15-12(18-7)8(2)16-11-9(10(13)17)4-3-5-14-11/h3-6,8H,1-2H3,(H2,13,17)(H,14,16). The summed E-state index contributed by atoms with van der Waals surface area (Å²) in [4.78, 5) is 10.2. The van der Waals surface area contributed by atoms with Crippen LogP contribution in [0.3, 0.4) is 0 Å². The normalized spacial score (nSPS) is 12.1. The number of anilines is 1. The number of nitrogens with zero attached hydrogens (tertiary/aromatic N) is 2. The second kappa shape index (κ2) is 5.41. The number of hydrogen-bond acceptors (Lipinski definition) is 5. The molecule has 0 spiro atoms. The summed E-state index contributed by atoms with van der Waals surface area (Å²) >= 11 is 6.67. The molecule has 0 saturated heterocycles. The Bertz CT molecular complexity index is 565. The molecule has 2 heterocycles. The van der Waals surface area contributed by atoms with Gasteiger partial charge in [-0.05, 0) is 26.0 Å². The van der Waals surface area contributed by atoms with Gasteiger partial charge < -0.3 is 11.1 Å². The molecule has 94 valence electrons. The molecule has 1 unspecified atom stereocenters. The molecular formula is C12H14N4S2. The maximum absolute atomic E-state index is 5.67. The lowest BCUT2D eigenvalue weighted by atomic mass is 10.2. The minimum absolute atomic E-state index is 0.0756. The summed E-state index contributed by atoms with van der Waals surface area (Å²) in [7, 11) is 0. The van der Waals surface area contributed by atoms with Crippen molar-refractivity contribution in [3.63, 3.8) is 0 Å². The molecule has 6 heteroatoms. The molecule has 0 aliphatic rings. The Morgan fingerprint density at radius 3 is 2.89 bits per heavy atom. The van der Waals surface area contributed by atoms with E-state index in [0.717, 1.165) is 10.6 Å².